The van der Waals surface area contributed by atoms with E-state index in [1.807, 2.05) is 30.3 Å². The number of urea groups is 1. The Bertz CT molecular complexity index is 476. The fourth-order valence-electron chi connectivity index (χ4n) is 2.77. The highest BCUT2D eigenvalue weighted by Gasteiger charge is 2.24. The van der Waals surface area contributed by atoms with Crippen molar-refractivity contribution in [1.82, 2.24) is 16.0 Å². The van der Waals surface area contributed by atoms with E-state index in [2.05, 4.69) is 16.0 Å². The van der Waals surface area contributed by atoms with E-state index >= 15 is 0 Å². The number of hydrogen-bond acceptors (Lipinski definition) is 2. The molecule has 5 heteroatoms. The smallest absolute Gasteiger partial charge is 0.314 e. The second-order valence-corrected chi connectivity index (χ2v) is 5.51. The second-order valence-electron chi connectivity index (χ2n) is 5.51. The number of hydrogen-bond donors (Lipinski definition) is 3. The van der Waals surface area contributed by atoms with E-state index in [9.17, 15) is 9.59 Å². The summed E-state index contributed by atoms with van der Waals surface area (Å²) in [4.78, 5) is 23.4. The van der Waals surface area contributed by atoms with Crippen molar-refractivity contribution in [1.29, 1.82) is 0 Å². The van der Waals surface area contributed by atoms with Gasteiger partial charge in [-0.05, 0) is 31.2 Å². The van der Waals surface area contributed by atoms with Crippen LogP contribution < -0.4 is 16.0 Å². The Morgan fingerprint density at radius 1 is 1.10 bits per heavy atom. The first kappa shape index (κ1) is 15.4. The van der Waals surface area contributed by atoms with Gasteiger partial charge in [0, 0.05) is 19.1 Å². The molecule has 1 fully saturated rings. The zero-order valence-corrected chi connectivity index (χ0v) is 12.4. The highest BCUT2D eigenvalue weighted by molar-refractivity contribution is 5.79. The number of rotatable bonds is 4. The molecule has 3 N–H and O–H groups in total. The Balaban J connectivity index is 1.79. The maximum absolute atomic E-state index is 12.1. The van der Waals surface area contributed by atoms with Crippen molar-refractivity contribution in [3.63, 3.8) is 0 Å². The third kappa shape index (κ3) is 5.10. The third-order valence-corrected chi connectivity index (χ3v) is 3.81. The molecule has 0 radical (unpaired) electrons. The van der Waals surface area contributed by atoms with Crippen LogP contribution in [0.4, 0.5) is 4.79 Å². The molecule has 21 heavy (non-hydrogen) atoms. The van der Waals surface area contributed by atoms with E-state index in [-0.39, 0.29) is 24.0 Å². The van der Waals surface area contributed by atoms with E-state index < -0.39 is 0 Å². The van der Waals surface area contributed by atoms with Gasteiger partial charge in [-0.2, -0.15) is 0 Å². The zero-order valence-electron chi connectivity index (χ0n) is 12.4. The summed E-state index contributed by atoms with van der Waals surface area (Å²) >= 11 is 0. The minimum atomic E-state index is -0.156. The van der Waals surface area contributed by atoms with Crippen LogP contribution in [0.15, 0.2) is 30.3 Å². The molecule has 0 aliphatic heterocycles. The van der Waals surface area contributed by atoms with Crippen LogP contribution in [-0.2, 0) is 11.2 Å². The van der Waals surface area contributed by atoms with Crippen LogP contribution in [0, 0.1) is 0 Å². The van der Waals surface area contributed by atoms with E-state index in [0.717, 1.165) is 31.2 Å². The number of carbonyl (C=O) groups excluding carboxylic acids is 2. The molecule has 0 heterocycles. The van der Waals surface area contributed by atoms with Gasteiger partial charge in [-0.3, -0.25) is 4.79 Å². The topological polar surface area (TPSA) is 70.2 Å². The summed E-state index contributed by atoms with van der Waals surface area (Å²) in [6, 6.07) is 9.86. The van der Waals surface area contributed by atoms with Gasteiger partial charge in [-0.25, -0.2) is 4.79 Å². The lowest BCUT2D eigenvalue weighted by molar-refractivity contribution is -0.121. The van der Waals surface area contributed by atoms with Gasteiger partial charge in [0.15, 0.2) is 0 Å². The minimum absolute atomic E-state index is 0.0480. The monoisotopic (exact) mass is 289 g/mol. The van der Waals surface area contributed by atoms with E-state index in [0.29, 0.717) is 6.42 Å². The maximum Gasteiger partial charge on any atom is 0.314 e. The van der Waals surface area contributed by atoms with Crippen LogP contribution in [0.25, 0.3) is 0 Å². The molecule has 1 aromatic rings. The minimum Gasteiger partial charge on any atom is -0.353 e. The number of benzene rings is 1. The summed E-state index contributed by atoms with van der Waals surface area (Å²) in [7, 11) is 1.61. The molecular formula is C16H23N3O2. The molecule has 0 bridgehead atoms. The number of carbonyl (C=O) groups is 2. The van der Waals surface area contributed by atoms with Crippen LogP contribution in [0.2, 0.25) is 0 Å². The molecule has 1 aliphatic rings. The fourth-order valence-corrected chi connectivity index (χ4v) is 2.77. The second kappa shape index (κ2) is 7.67. The van der Waals surface area contributed by atoms with Crippen molar-refractivity contribution >= 4 is 11.9 Å². The average molecular weight is 289 g/mol. The standard InChI is InChI=1S/C16H23N3O2/c1-17-16(21)19-14-9-5-8-13(11-14)18-15(20)10-12-6-3-2-4-7-12/h2-4,6-7,13-14H,5,8-11H2,1H3,(H,18,20)(H2,17,19,21). The lowest BCUT2D eigenvalue weighted by Gasteiger charge is -2.30. The molecule has 1 aliphatic carbocycles. The van der Waals surface area contributed by atoms with Crippen molar-refractivity contribution in [3.8, 4) is 0 Å². The summed E-state index contributed by atoms with van der Waals surface area (Å²) in [5.41, 5.74) is 1.02. The van der Waals surface area contributed by atoms with Gasteiger partial charge in [-0.15, -0.1) is 0 Å². The predicted octanol–water partition coefficient (Wildman–Crippen LogP) is 1.59. The first-order valence-corrected chi connectivity index (χ1v) is 7.49. The molecule has 3 amide bonds. The molecule has 0 spiro atoms. The summed E-state index contributed by atoms with van der Waals surface area (Å²) in [6.07, 6.45) is 4.18. The molecule has 1 aromatic carbocycles. The quantitative estimate of drug-likeness (QED) is 0.787. The lowest BCUT2D eigenvalue weighted by Crippen LogP contribution is -2.48. The van der Waals surface area contributed by atoms with Crippen molar-refractivity contribution in [3.05, 3.63) is 35.9 Å². The van der Waals surface area contributed by atoms with Crippen molar-refractivity contribution < 1.29 is 9.59 Å². The molecule has 2 atom stereocenters. The van der Waals surface area contributed by atoms with Gasteiger partial charge in [-0.1, -0.05) is 30.3 Å². The molecule has 1 saturated carbocycles. The Morgan fingerprint density at radius 2 is 1.76 bits per heavy atom. The summed E-state index contributed by atoms with van der Waals surface area (Å²) in [5, 5.41) is 8.56. The first-order valence-electron chi connectivity index (χ1n) is 7.49. The van der Waals surface area contributed by atoms with Gasteiger partial charge in [0.2, 0.25) is 5.91 Å². The Hall–Kier alpha value is -2.04. The van der Waals surface area contributed by atoms with Crippen LogP contribution >= 0.6 is 0 Å². The summed E-state index contributed by atoms with van der Waals surface area (Å²) < 4.78 is 0. The first-order chi connectivity index (χ1) is 10.2. The fraction of sp³-hybridized carbons (Fsp3) is 0.500. The van der Waals surface area contributed by atoms with Crippen LogP contribution in [0.5, 0.6) is 0 Å². The largest absolute Gasteiger partial charge is 0.353 e. The maximum atomic E-state index is 12.1. The molecule has 0 saturated heterocycles. The van der Waals surface area contributed by atoms with Crippen LogP contribution in [0.3, 0.4) is 0 Å². The molecule has 2 unspecified atom stereocenters. The van der Waals surface area contributed by atoms with E-state index in [1.165, 1.54) is 0 Å². The predicted molar refractivity (Wildman–Crippen MR) is 81.9 cm³/mol. The van der Waals surface area contributed by atoms with Crippen molar-refractivity contribution in [2.24, 2.45) is 0 Å². The van der Waals surface area contributed by atoms with Gasteiger partial charge < -0.3 is 16.0 Å². The molecule has 5 nitrogen and oxygen atoms in total. The molecule has 2 rings (SSSR count). The molecule has 0 aromatic heterocycles. The van der Waals surface area contributed by atoms with Crippen LogP contribution in [0.1, 0.15) is 31.2 Å². The van der Waals surface area contributed by atoms with Crippen LogP contribution in [-0.4, -0.2) is 31.1 Å². The van der Waals surface area contributed by atoms with Gasteiger partial charge >= 0.3 is 6.03 Å². The van der Waals surface area contributed by atoms with E-state index in [1.54, 1.807) is 7.05 Å². The van der Waals surface area contributed by atoms with Gasteiger partial charge in [0.25, 0.3) is 0 Å². The van der Waals surface area contributed by atoms with Crippen molar-refractivity contribution in [2.75, 3.05) is 7.05 Å². The summed E-state index contributed by atoms with van der Waals surface area (Å²) in [6.45, 7) is 0. The Morgan fingerprint density at radius 3 is 2.43 bits per heavy atom. The van der Waals surface area contributed by atoms with Gasteiger partial charge in [0.1, 0.15) is 0 Å². The lowest BCUT2D eigenvalue weighted by atomic mass is 9.91. The third-order valence-electron chi connectivity index (χ3n) is 3.81. The van der Waals surface area contributed by atoms with Crippen molar-refractivity contribution in [2.45, 2.75) is 44.2 Å². The van der Waals surface area contributed by atoms with Gasteiger partial charge in [0.05, 0.1) is 6.42 Å². The Kier molecular flexibility index (Phi) is 5.60. The number of nitrogens with one attached hydrogen (secondary N) is 3. The zero-order chi connectivity index (χ0) is 15.1. The molecule has 114 valence electrons. The summed E-state index contributed by atoms with van der Waals surface area (Å²) in [5.74, 6) is 0.0480. The molecular weight excluding hydrogens is 266 g/mol. The highest BCUT2D eigenvalue weighted by Crippen LogP contribution is 2.18. The Labute approximate surface area is 125 Å². The SMILES string of the molecule is CNC(=O)NC1CCCC(NC(=O)Cc2ccccc2)C1. The average Bonchev–Trinajstić information content (AvgIpc) is 2.48. The highest BCUT2D eigenvalue weighted by atomic mass is 16.2. The normalized spacial score (nSPS) is 21.4. The van der Waals surface area contributed by atoms with E-state index in [4.69, 9.17) is 0 Å². The number of amides is 3.